The molecule has 7 heteroatoms. The van der Waals surface area contributed by atoms with Gasteiger partial charge in [-0.1, -0.05) is 37.0 Å². The Labute approximate surface area is 159 Å². The molecule has 25 heavy (non-hydrogen) atoms. The summed E-state index contributed by atoms with van der Waals surface area (Å²) in [7, 11) is 0. The Bertz CT molecular complexity index is 626. The van der Waals surface area contributed by atoms with Crippen LogP contribution in [0.25, 0.3) is 0 Å². The van der Waals surface area contributed by atoms with E-state index < -0.39 is 6.04 Å². The molecule has 0 radical (unpaired) electrons. The van der Waals surface area contributed by atoms with Gasteiger partial charge in [0.05, 0.1) is 12.5 Å². The first-order valence-electron chi connectivity index (χ1n) is 8.51. The fourth-order valence-electron chi connectivity index (χ4n) is 3.06. The van der Waals surface area contributed by atoms with Gasteiger partial charge < -0.3 is 10.6 Å². The molecule has 1 aromatic rings. The lowest BCUT2D eigenvalue weighted by atomic mass is 10.1. The standard InChI is InChI=1S/C18H25Cl2N3O2/c1-11(2)10-23-5-4-21-18(25)16(23)8-17(24)22-9-14-12(3)6-13(19)7-15(14)20/h6-7,11,16H,4-5,8-10H2,1-3H3,(H,21,25)(H,22,24)/t16-/m1/s1. The summed E-state index contributed by atoms with van der Waals surface area (Å²) in [6.07, 6.45) is 0.142. The maximum Gasteiger partial charge on any atom is 0.237 e. The number of nitrogens with zero attached hydrogens (tertiary/aromatic N) is 1. The number of carbonyl (C=O) groups is 2. The smallest absolute Gasteiger partial charge is 0.237 e. The fraction of sp³-hybridized carbons (Fsp3) is 0.556. The Morgan fingerprint density at radius 2 is 2.12 bits per heavy atom. The van der Waals surface area contributed by atoms with Crippen LogP contribution in [-0.4, -0.2) is 42.4 Å². The summed E-state index contributed by atoms with van der Waals surface area (Å²) in [5.41, 5.74) is 1.76. The van der Waals surface area contributed by atoms with Crippen LogP contribution in [0.2, 0.25) is 10.0 Å². The summed E-state index contributed by atoms with van der Waals surface area (Å²) in [5.74, 6) is 0.191. The van der Waals surface area contributed by atoms with Crippen LogP contribution in [0.3, 0.4) is 0 Å². The van der Waals surface area contributed by atoms with Gasteiger partial charge in [-0.25, -0.2) is 0 Å². The van der Waals surface area contributed by atoms with Crippen LogP contribution in [-0.2, 0) is 16.1 Å². The molecule has 0 aliphatic carbocycles. The van der Waals surface area contributed by atoms with Crippen molar-refractivity contribution in [1.29, 1.82) is 0 Å². The summed E-state index contributed by atoms with van der Waals surface area (Å²) in [5, 5.41) is 6.81. The zero-order valence-electron chi connectivity index (χ0n) is 14.9. The van der Waals surface area contributed by atoms with E-state index in [9.17, 15) is 9.59 Å². The van der Waals surface area contributed by atoms with Crippen molar-refractivity contribution in [2.75, 3.05) is 19.6 Å². The van der Waals surface area contributed by atoms with Crippen molar-refractivity contribution in [1.82, 2.24) is 15.5 Å². The minimum absolute atomic E-state index is 0.0808. The molecule has 0 saturated carbocycles. The second kappa shape index (κ2) is 8.88. The lowest BCUT2D eigenvalue weighted by Crippen LogP contribution is -2.57. The van der Waals surface area contributed by atoms with Crippen LogP contribution in [0, 0.1) is 12.8 Å². The molecule has 2 N–H and O–H groups in total. The van der Waals surface area contributed by atoms with Gasteiger partial charge in [0, 0.05) is 36.2 Å². The van der Waals surface area contributed by atoms with E-state index in [1.54, 1.807) is 6.07 Å². The Kier molecular flexibility index (Phi) is 7.11. The van der Waals surface area contributed by atoms with Crippen molar-refractivity contribution in [2.24, 2.45) is 5.92 Å². The highest BCUT2D eigenvalue weighted by molar-refractivity contribution is 6.35. The molecule has 1 fully saturated rings. The molecule has 5 nitrogen and oxygen atoms in total. The maximum atomic E-state index is 12.4. The normalized spacial score (nSPS) is 18.3. The van der Waals surface area contributed by atoms with Crippen LogP contribution in [0.4, 0.5) is 0 Å². The number of halogens is 2. The number of amides is 2. The van der Waals surface area contributed by atoms with Crippen LogP contribution < -0.4 is 10.6 Å². The Balaban J connectivity index is 1.97. The fourth-order valence-corrected chi connectivity index (χ4v) is 3.72. The summed E-state index contributed by atoms with van der Waals surface area (Å²) in [4.78, 5) is 26.6. The monoisotopic (exact) mass is 385 g/mol. The lowest BCUT2D eigenvalue weighted by molar-refractivity contribution is -0.134. The first kappa shape index (κ1) is 20.0. The molecule has 138 valence electrons. The summed E-state index contributed by atoms with van der Waals surface area (Å²) < 4.78 is 0. The number of nitrogens with one attached hydrogen (secondary N) is 2. The van der Waals surface area contributed by atoms with Crippen molar-refractivity contribution in [3.8, 4) is 0 Å². The summed E-state index contributed by atoms with van der Waals surface area (Å²) in [6.45, 7) is 8.63. The van der Waals surface area contributed by atoms with Gasteiger partial charge in [0.2, 0.25) is 11.8 Å². The number of rotatable bonds is 6. The summed E-state index contributed by atoms with van der Waals surface area (Å²) in [6, 6.07) is 3.06. The molecule has 1 aliphatic rings. The van der Waals surface area contributed by atoms with Gasteiger partial charge in [-0.15, -0.1) is 0 Å². The van der Waals surface area contributed by atoms with Gasteiger partial charge in [0.1, 0.15) is 0 Å². The average molecular weight is 386 g/mol. The number of hydrogen-bond acceptors (Lipinski definition) is 3. The van der Waals surface area contributed by atoms with Gasteiger partial charge in [0.15, 0.2) is 0 Å². The molecule has 0 spiro atoms. The third kappa shape index (κ3) is 5.59. The van der Waals surface area contributed by atoms with Gasteiger partial charge in [-0.2, -0.15) is 0 Å². The zero-order chi connectivity index (χ0) is 18.6. The van der Waals surface area contributed by atoms with E-state index in [0.29, 0.717) is 29.1 Å². The van der Waals surface area contributed by atoms with Crippen molar-refractivity contribution in [3.05, 3.63) is 33.3 Å². The minimum atomic E-state index is -0.419. The second-order valence-corrected chi connectivity index (χ2v) is 7.70. The number of aryl methyl sites for hydroxylation is 1. The molecule has 1 aliphatic heterocycles. The first-order chi connectivity index (χ1) is 11.8. The third-order valence-electron chi connectivity index (χ3n) is 4.27. The van der Waals surface area contributed by atoms with Crippen LogP contribution in [0.5, 0.6) is 0 Å². The SMILES string of the molecule is Cc1cc(Cl)cc(Cl)c1CNC(=O)C[C@@H]1C(=O)NCCN1CC(C)C. The molecule has 1 atom stereocenters. The predicted octanol–water partition coefficient (Wildman–Crippen LogP) is 2.76. The third-order valence-corrected chi connectivity index (χ3v) is 4.82. The van der Waals surface area contributed by atoms with E-state index in [4.69, 9.17) is 23.2 Å². The first-order valence-corrected chi connectivity index (χ1v) is 9.26. The van der Waals surface area contributed by atoms with Crippen molar-refractivity contribution in [2.45, 2.75) is 39.8 Å². The Morgan fingerprint density at radius 1 is 1.40 bits per heavy atom. The lowest BCUT2D eigenvalue weighted by Gasteiger charge is -2.35. The quantitative estimate of drug-likeness (QED) is 0.791. The molecule has 1 heterocycles. The Hall–Kier alpha value is -1.30. The van der Waals surface area contributed by atoms with Crippen molar-refractivity contribution in [3.63, 3.8) is 0 Å². The molecular formula is C18H25Cl2N3O2. The van der Waals surface area contributed by atoms with E-state index in [0.717, 1.165) is 24.2 Å². The van der Waals surface area contributed by atoms with Gasteiger partial charge in [-0.05, 0) is 36.1 Å². The highest BCUT2D eigenvalue weighted by Crippen LogP contribution is 2.24. The number of hydrogen-bond donors (Lipinski definition) is 2. The zero-order valence-corrected chi connectivity index (χ0v) is 16.4. The molecule has 2 amide bonds. The topological polar surface area (TPSA) is 61.4 Å². The van der Waals surface area contributed by atoms with Crippen LogP contribution in [0.15, 0.2) is 12.1 Å². The molecular weight excluding hydrogens is 361 g/mol. The largest absolute Gasteiger partial charge is 0.353 e. The van der Waals surface area contributed by atoms with Crippen LogP contribution in [0.1, 0.15) is 31.4 Å². The van der Waals surface area contributed by atoms with Crippen molar-refractivity contribution < 1.29 is 9.59 Å². The average Bonchev–Trinajstić information content (AvgIpc) is 2.49. The second-order valence-electron chi connectivity index (χ2n) is 6.86. The molecule has 1 saturated heterocycles. The Morgan fingerprint density at radius 3 is 2.76 bits per heavy atom. The highest BCUT2D eigenvalue weighted by Gasteiger charge is 2.31. The molecule has 2 rings (SSSR count). The highest BCUT2D eigenvalue weighted by atomic mass is 35.5. The van der Waals surface area contributed by atoms with Crippen LogP contribution >= 0.6 is 23.2 Å². The van der Waals surface area contributed by atoms with E-state index in [1.165, 1.54) is 0 Å². The van der Waals surface area contributed by atoms with E-state index >= 15 is 0 Å². The molecule has 0 aromatic heterocycles. The number of benzene rings is 1. The van der Waals surface area contributed by atoms with E-state index in [-0.39, 0.29) is 18.2 Å². The van der Waals surface area contributed by atoms with Gasteiger partial charge >= 0.3 is 0 Å². The predicted molar refractivity (Wildman–Crippen MR) is 101 cm³/mol. The summed E-state index contributed by atoms with van der Waals surface area (Å²) >= 11 is 12.2. The number of carbonyl (C=O) groups excluding carboxylic acids is 2. The maximum absolute atomic E-state index is 12.4. The van der Waals surface area contributed by atoms with E-state index in [1.807, 2.05) is 13.0 Å². The molecule has 0 unspecified atom stereocenters. The van der Waals surface area contributed by atoms with Gasteiger partial charge in [-0.3, -0.25) is 14.5 Å². The van der Waals surface area contributed by atoms with E-state index in [2.05, 4.69) is 29.4 Å². The molecule has 0 bridgehead atoms. The minimum Gasteiger partial charge on any atom is -0.353 e. The van der Waals surface area contributed by atoms with Gasteiger partial charge in [0.25, 0.3) is 0 Å². The number of piperazine rings is 1. The molecule has 1 aromatic carbocycles. The van der Waals surface area contributed by atoms with Crippen molar-refractivity contribution >= 4 is 35.0 Å².